The highest BCUT2D eigenvalue weighted by atomic mass is 32.1. The van der Waals surface area contributed by atoms with Crippen LogP contribution in [0.5, 0.6) is 0 Å². The summed E-state index contributed by atoms with van der Waals surface area (Å²) in [5.74, 6) is 0.770. The average molecular weight is 458 g/mol. The summed E-state index contributed by atoms with van der Waals surface area (Å²) in [4.78, 5) is 18.1. The van der Waals surface area contributed by atoms with Gasteiger partial charge in [0.05, 0.1) is 24.5 Å². The second-order valence-corrected chi connectivity index (χ2v) is 8.25. The second-order valence-electron chi connectivity index (χ2n) is 7.86. The summed E-state index contributed by atoms with van der Waals surface area (Å²) in [6.07, 6.45) is 5.53. The van der Waals surface area contributed by atoms with Gasteiger partial charge in [-0.1, -0.05) is 6.07 Å². The van der Waals surface area contributed by atoms with Crippen LogP contribution < -0.4 is 15.5 Å². The van der Waals surface area contributed by atoms with E-state index in [1.165, 1.54) is 6.92 Å². The smallest absolute Gasteiger partial charge is 0.221 e. The number of amides is 1. The SMILES string of the molecule is CC(=O)Nc1ccc(N2C(=S)NC(c3ccccn3)C2c2cccn2Cc2ccco2)cc1. The minimum atomic E-state index is -0.140. The number of nitrogens with one attached hydrogen (secondary N) is 2. The third kappa shape index (κ3) is 4.25. The van der Waals surface area contributed by atoms with E-state index in [2.05, 4.69) is 31.2 Å². The molecular formula is C25H23N5O2S. The minimum Gasteiger partial charge on any atom is -0.467 e. The van der Waals surface area contributed by atoms with Crippen molar-refractivity contribution in [3.8, 4) is 0 Å². The molecule has 5 rings (SSSR count). The number of carbonyl (C=O) groups is 1. The lowest BCUT2D eigenvalue weighted by atomic mass is 10.0. The van der Waals surface area contributed by atoms with Crippen LogP contribution in [0.3, 0.4) is 0 Å². The number of carbonyl (C=O) groups excluding carboxylic acids is 1. The Morgan fingerprint density at radius 3 is 2.67 bits per heavy atom. The van der Waals surface area contributed by atoms with E-state index in [0.717, 1.165) is 28.5 Å². The van der Waals surface area contributed by atoms with Crippen molar-refractivity contribution in [2.75, 3.05) is 10.2 Å². The van der Waals surface area contributed by atoms with Crippen molar-refractivity contribution < 1.29 is 9.21 Å². The van der Waals surface area contributed by atoms with Crippen LogP contribution in [0.15, 0.2) is 89.8 Å². The van der Waals surface area contributed by atoms with Crippen molar-refractivity contribution in [2.24, 2.45) is 0 Å². The lowest BCUT2D eigenvalue weighted by molar-refractivity contribution is -0.114. The number of pyridine rings is 1. The van der Waals surface area contributed by atoms with Gasteiger partial charge >= 0.3 is 0 Å². The Balaban J connectivity index is 1.56. The number of thiocarbonyl (C=S) groups is 1. The molecule has 1 aliphatic rings. The van der Waals surface area contributed by atoms with E-state index in [-0.39, 0.29) is 18.0 Å². The van der Waals surface area contributed by atoms with Gasteiger partial charge in [-0.15, -0.1) is 0 Å². The zero-order valence-electron chi connectivity index (χ0n) is 18.0. The first-order valence-electron chi connectivity index (χ1n) is 10.7. The molecular weight excluding hydrogens is 434 g/mol. The number of hydrogen-bond acceptors (Lipinski definition) is 4. The number of nitrogens with zero attached hydrogens (tertiary/aromatic N) is 3. The average Bonchev–Trinajstić information content (AvgIpc) is 3.55. The number of hydrogen-bond donors (Lipinski definition) is 2. The van der Waals surface area contributed by atoms with Gasteiger partial charge in [-0.25, -0.2) is 0 Å². The van der Waals surface area contributed by atoms with Gasteiger partial charge in [-0.05, 0) is 72.9 Å². The number of aromatic nitrogens is 2. The lowest BCUT2D eigenvalue weighted by Crippen LogP contribution is -2.30. The lowest BCUT2D eigenvalue weighted by Gasteiger charge is -2.29. The first kappa shape index (κ1) is 21.0. The van der Waals surface area contributed by atoms with E-state index in [1.807, 2.05) is 66.9 Å². The Labute approximate surface area is 197 Å². The highest BCUT2D eigenvalue weighted by molar-refractivity contribution is 7.80. The summed E-state index contributed by atoms with van der Waals surface area (Å²) >= 11 is 5.80. The Bertz CT molecular complexity index is 1250. The number of furan rings is 1. The molecule has 0 bridgehead atoms. The molecule has 2 atom stereocenters. The van der Waals surface area contributed by atoms with Crippen molar-refractivity contribution >= 4 is 34.6 Å². The fourth-order valence-corrected chi connectivity index (χ4v) is 4.60. The molecule has 4 aromatic rings. The molecule has 1 amide bonds. The molecule has 1 aromatic carbocycles. The fraction of sp³-hybridized carbons (Fsp3) is 0.160. The van der Waals surface area contributed by atoms with E-state index >= 15 is 0 Å². The summed E-state index contributed by atoms with van der Waals surface area (Å²) in [5, 5.41) is 6.91. The summed E-state index contributed by atoms with van der Waals surface area (Å²) in [6, 6.07) is 21.3. The molecule has 1 saturated heterocycles. The Kier molecular flexibility index (Phi) is 5.66. The Hall–Kier alpha value is -3.91. The highest BCUT2D eigenvalue weighted by Gasteiger charge is 2.42. The van der Waals surface area contributed by atoms with Crippen molar-refractivity contribution in [3.05, 3.63) is 103 Å². The molecule has 33 heavy (non-hydrogen) atoms. The predicted octanol–water partition coefficient (Wildman–Crippen LogP) is 4.66. The summed E-state index contributed by atoms with van der Waals surface area (Å²) in [5.41, 5.74) is 3.66. The topological polar surface area (TPSA) is 75.3 Å². The first-order valence-corrected chi connectivity index (χ1v) is 11.1. The summed E-state index contributed by atoms with van der Waals surface area (Å²) in [7, 11) is 0. The second kappa shape index (κ2) is 8.91. The molecule has 0 saturated carbocycles. The maximum atomic E-state index is 11.4. The van der Waals surface area contributed by atoms with Crippen LogP contribution in [0.2, 0.25) is 0 Å². The molecule has 2 unspecified atom stereocenters. The van der Waals surface area contributed by atoms with Gasteiger partial charge in [-0.3, -0.25) is 9.78 Å². The van der Waals surface area contributed by atoms with Gasteiger partial charge in [0.2, 0.25) is 5.91 Å². The normalized spacial score (nSPS) is 17.7. The standard InChI is InChI=1S/C25H23N5O2S/c1-17(31)27-18-9-11-19(12-10-18)30-24(23(28-25(30)33)21-7-2-3-13-26-21)22-8-4-14-29(22)16-20-6-5-15-32-20/h2-15,23-24H,16H2,1H3,(H,27,31)(H,28,33). The zero-order chi connectivity index (χ0) is 22.8. The molecule has 1 aliphatic heterocycles. The summed E-state index contributed by atoms with van der Waals surface area (Å²) < 4.78 is 7.77. The van der Waals surface area contributed by atoms with Crippen molar-refractivity contribution in [3.63, 3.8) is 0 Å². The van der Waals surface area contributed by atoms with Crippen LogP contribution >= 0.6 is 12.2 Å². The van der Waals surface area contributed by atoms with Crippen LogP contribution in [0, 0.1) is 0 Å². The predicted molar refractivity (Wildman–Crippen MR) is 131 cm³/mol. The summed E-state index contributed by atoms with van der Waals surface area (Å²) in [6.45, 7) is 2.11. The molecule has 3 aromatic heterocycles. The van der Waals surface area contributed by atoms with E-state index in [1.54, 1.807) is 12.5 Å². The third-order valence-electron chi connectivity index (χ3n) is 5.64. The van der Waals surface area contributed by atoms with E-state index in [0.29, 0.717) is 11.7 Å². The largest absolute Gasteiger partial charge is 0.467 e. The van der Waals surface area contributed by atoms with E-state index < -0.39 is 0 Å². The molecule has 4 heterocycles. The van der Waals surface area contributed by atoms with Gasteiger partial charge in [0.15, 0.2) is 5.11 Å². The number of rotatable bonds is 6. The van der Waals surface area contributed by atoms with Crippen molar-refractivity contribution in [1.82, 2.24) is 14.9 Å². The van der Waals surface area contributed by atoms with Crippen LogP contribution in [0.25, 0.3) is 0 Å². The molecule has 7 nitrogen and oxygen atoms in total. The number of anilines is 2. The van der Waals surface area contributed by atoms with E-state index in [9.17, 15) is 4.79 Å². The zero-order valence-corrected chi connectivity index (χ0v) is 18.8. The fourth-order valence-electron chi connectivity index (χ4n) is 4.25. The molecule has 0 radical (unpaired) electrons. The number of benzene rings is 1. The maximum Gasteiger partial charge on any atom is 0.221 e. The van der Waals surface area contributed by atoms with Gasteiger partial charge in [0.25, 0.3) is 0 Å². The van der Waals surface area contributed by atoms with Gasteiger partial charge in [0.1, 0.15) is 11.8 Å². The monoisotopic (exact) mass is 457 g/mol. The van der Waals surface area contributed by atoms with E-state index in [4.69, 9.17) is 16.6 Å². The molecule has 1 fully saturated rings. The minimum absolute atomic E-state index is 0.107. The molecule has 0 spiro atoms. The third-order valence-corrected chi connectivity index (χ3v) is 5.95. The van der Waals surface area contributed by atoms with Gasteiger partial charge < -0.3 is 24.5 Å². The Morgan fingerprint density at radius 1 is 1.12 bits per heavy atom. The molecule has 166 valence electrons. The van der Waals surface area contributed by atoms with Gasteiger partial charge in [-0.2, -0.15) is 0 Å². The molecule has 0 aliphatic carbocycles. The highest BCUT2D eigenvalue weighted by Crippen LogP contribution is 2.42. The van der Waals surface area contributed by atoms with Crippen molar-refractivity contribution in [1.29, 1.82) is 0 Å². The van der Waals surface area contributed by atoms with Crippen LogP contribution in [0.1, 0.15) is 36.2 Å². The van der Waals surface area contributed by atoms with Crippen molar-refractivity contribution in [2.45, 2.75) is 25.6 Å². The van der Waals surface area contributed by atoms with Crippen LogP contribution in [0.4, 0.5) is 11.4 Å². The quantitative estimate of drug-likeness (QED) is 0.410. The molecule has 8 heteroatoms. The van der Waals surface area contributed by atoms with Gasteiger partial charge in [0, 0.05) is 36.4 Å². The maximum absolute atomic E-state index is 11.4. The first-order chi connectivity index (χ1) is 16.1. The Morgan fingerprint density at radius 2 is 1.97 bits per heavy atom. The molecule has 2 N–H and O–H groups in total. The van der Waals surface area contributed by atoms with Crippen LogP contribution in [-0.2, 0) is 11.3 Å². The van der Waals surface area contributed by atoms with Crippen LogP contribution in [-0.4, -0.2) is 20.6 Å².